The number of allylic oxidation sites excluding steroid dienone is 2. The lowest BCUT2D eigenvalue weighted by Crippen LogP contribution is -2.32. The van der Waals surface area contributed by atoms with Gasteiger partial charge in [-0.25, -0.2) is 0 Å². The van der Waals surface area contributed by atoms with Crippen LogP contribution >= 0.6 is 11.8 Å². The first-order chi connectivity index (χ1) is 8.66. The van der Waals surface area contributed by atoms with E-state index in [4.69, 9.17) is 0 Å². The molecule has 0 amide bonds. The fourth-order valence-corrected chi connectivity index (χ4v) is 2.96. The van der Waals surface area contributed by atoms with E-state index in [0.717, 1.165) is 0 Å². The van der Waals surface area contributed by atoms with Crippen molar-refractivity contribution in [1.82, 2.24) is 4.90 Å². The van der Waals surface area contributed by atoms with E-state index < -0.39 is 0 Å². The number of carbonyl (C=O) groups excluding carboxylic acids is 1. The zero-order valence-corrected chi connectivity index (χ0v) is 11.5. The van der Waals surface area contributed by atoms with Crippen LogP contribution in [0.15, 0.2) is 53.6 Å². The zero-order valence-electron chi connectivity index (χ0n) is 10.7. The van der Waals surface area contributed by atoms with Crippen LogP contribution in [0.4, 0.5) is 0 Å². The van der Waals surface area contributed by atoms with Gasteiger partial charge in [0.15, 0.2) is 0 Å². The molecule has 2 nitrogen and oxygen atoms in total. The molecule has 0 spiro atoms. The number of hydrogen-bond acceptors (Lipinski definition) is 3. The number of carbonyl (C=O) groups is 1. The second kappa shape index (κ2) is 5.91. The average Bonchev–Trinajstić information content (AvgIpc) is 2.34. The Bertz CT molecular complexity index is 493. The Morgan fingerprint density at radius 3 is 2.83 bits per heavy atom. The van der Waals surface area contributed by atoms with E-state index in [1.165, 1.54) is 10.5 Å². The first-order valence-corrected chi connectivity index (χ1v) is 6.87. The summed E-state index contributed by atoms with van der Waals surface area (Å²) in [6, 6.07) is 8.33. The molecular weight excluding hydrogens is 242 g/mol. The van der Waals surface area contributed by atoms with E-state index >= 15 is 0 Å². The first kappa shape index (κ1) is 13.0. The maximum atomic E-state index is 11.3. The molecule has 0 fully saturated rings. The van der Waals surface area contributed by atoms with Crippen molar-refractivity contribution in [3.63, 3.8) is 0 Å². The highest BCUT2D eigenvalue weighted by Crippen LogP contribution is 2.30. The van der Waals surface area contributed by atoms with Gasteiger partial charge in [0.2, 0.25) is 0 Å². The number of nitrogens with zero attached hydrogens (tertiary/aromatic N) is 1. The molecule has 0 aliphatic carbocycles. The second-order valence-electron chi connectivity index (χ2n) is 4.37. The smallest absolute Gasteiger partial charge is 0.149 e. The minimum Gasteiger partial charge on any atom is -0.355 e. The van der Waals surface area contributed by atoms with Crippen molar-refractivity contribution in [3.8, 4) is 0 Å². The predicted molar refractivity (Wildman–Crippen MR) is 76.5 cm³/mol. The van der Waals surface area contributed by atoms with Crippen LogP contribution in [0.2, 0.25) is 0 Å². The zero-order chi connectivity index (χ0) is 13.0. The number of Topliss-reactive ketones (excluding diaryl/α,β-unsaturated/α-hetero) is 1. The van der Waals surface area contributed by atoms with Crippen molar-refractivity contribution in [2.45, 2.75) is 24.1 Å². The monoisotopic (exact) mass is 259 g/mol. The highest BCUT2D eigenvalue weighted by Gasteiger charge is 2.17. The Hall–Kier alpha value is -1.48. The number of aryl methyl sites for hydroxylation is 1. The van der Waals surface area contributed by atoms with E-state index in [1.54, 1.807) is 18.7 Å². The molecule has 3 heteroatoms. The lowest BCUT2D eigenvalue weighted by atomic mass is 10.2. The Morgan fingerprint density at radius 1 is 1.33 bits per heavy atom. The third-order valence-corrected chi connectivity index (χ3v) is 4.12. The van der Waals surface area contributed by atoms with Crippen molar-refractivity contribution in [2.75, 3.05) is 6.54 Å². The van der Waals surface area contributed by atoms with Gasteiger partial charge in [-0.2, -0.15) is 0 Å². The summed E-state index contributed by atoms with van der Waals surface area (Å²) in [5.41, 5.74) is 1.27. The first-order valence-electron chi connectivity index (χ1n) is 5.99. The molecule has 0 saturated heterocycles. The summed E-state index contributed by atoms with van der Waals surface area (Å²) >= 11 is 1.78. The highest BCUT2D eigenvalue weighted by atomic mass is 32.2. The summed E-state index contributed by atoms with van der Waals surface area (Å²) in [6.45, 7) is 4.20. The molecule has 1 unspecified atom stereocenters. The fraction of sp³-hybridized carbons (Fsp3) is 0.267. The van der Waals surface area contributed by atoms with E-state index in [0.29, 0.717) is 6.54 Å². The molecule has 1 atom stereocenters. The van der Waals surface area contributed by atoms with Gasteiger partial charge in [-0.05, 0) is 31.6 Å². The normalized spacial score (nSPS) is 18.1. The van der Waals surface area contributed by atoms with Crippen LogP contribution in [0.3, 0.4) is 0 Å². The minimum absolute atomic E-state index is 0.185. The molecule has 2 rings (SSSR count). The second-order valence-corrected chi connectivity index (χ2v) is 5.53. The third-order valence-electron chi connectivity index (χ3n) is 2.74. The van der Waals surface area contributed by atoms with Crippen LogP contribution in [0.5, 0.6) is 0 Å². The summed E-state index contributed by atoms with van der Waals surface area (Å²) in [6.07, 6.45) is 8.11. The Balaban J connectivity index is 2.11. The van der Waals surface area contributed by atoms with Gasteiger partial charge in [-0.15, -0.1) is 0 Å². The summed E-state index contributed by atoms with van der Waals surface area (Å²) in [7, 11) is 0. The molecule has 0 saturated carbocycles. The van der Waals surface area contributed by atoms with Gasteiger partial charge in [0.05, 0.1) is 11.9 Å². The van der Waals surface area contributed by atoms with Gasteiger partial charge in [0.25, 0.3) is 0 Å². The topological polar surface area (TPSA) is 20.3 Å². The molecule has 1 aliphatic rings. The van der Waals surface area contributed by atoms with Crippen molar-refractivity contribution < 1.29 is 4.79 Å². The van der Waals surface area contributed by atoms with Crippen molar-refractivity contribution in [1.29, 1.82) is 0 Å². The summed E-state index contributed by atoms with van der Waals surface area (Å²) < 4.78 is 0. The summed E-state index contributed by atoms with van der Waals surface area (Å²) in [5, 5.41) is 0.194. The number of rotatable bonds is 4. The van der Waals surface area contributed by atoms with E-state index in [1.807, 2.05) is 30.5 Å². The maximum Gasteiger partial charge on any atom is 0.149 e. The van der Waals surface area contributed by atoms with E-state index in [2.05, 4.69) is 30.0 Å². The van der Waals surface area contributed by atoms with Crippen LogP contribution in [-0.2, 0) is 4.79 Å². The van der Waals surface area contributed by atoms with Crippen molar-refractivity contribution in [3.05, 3.63) is 54.3 Å². The quantitative estimate of drug-likeness (QED) is 0.826. The molecule has 1 aromatic rings. The molecule has 94 valence electrons. The Morgan fingerprint density at radius 2 is 2.11 bits per heavy atom. The minimum atomic E-state index is 0.185. The number of benzene rings is 1. The van der Waals surface area contributed by atoms with Gasteiger partial charge in [-0.1, -0.05) is 42.1 Å². The number of hydrogen-bond donors (Lipinski definition) is 0. The van der Waals surface area contributed by atoms with Crippen LogP contribution in [0, 0.1) is 6.92 Å². The molecule has 0 aromatic heterocycles. The molecule has 0 bridgehead atoms. The lowest BCUT2D eigenvalue weighted by molar-refractivity contribution is -0.117. The maximum absolute atomic E-state index is 11.3. The van der Waals surface area contributed by atoms with Crippen LogP contribution in [0.1, 0.15) is 12.5 Å². The van der Waals surface area contributed by atoms with E-state index in [9.17, 15) is 4.79 Å². The van der Waals surface area contributed by atoms with Crippen LogP contribution in [0.25, 0.3) is 0 Å². The van der Waals surface area contributed by atoms with Gasteiger partial charge in [-0.3, -0.25) is 4.79 Å². The van der Waals surface area contributed by atoms with Crippen molar-refractivity contribution >= 4 is 17.5 Å². The van der Waals surface area contributed by atoms with E-state index in [-0.39, 0.29) is 11.2 Å². The van der Waals surface area contributed by atoms with Gasteiger partial charge < -0.3 is 4.90 Å². The molecular formula is C15H17NOS. The molecule has 18 heavy (non-hydrogen) atoms. The number of thioether (sulfide) groups is 1. The Labute approximate surface area is 112 Å². The van der Waals surface area contributed by atoms with Gasteiger partial charge in [0.1, 0.15) is 5.78 Å². The van der Waals surface area contributed by atoms with Crippen LogP contribution in [-0.4, -0.2) is 22.6 Å². The summed E-state index contributed by atoms with van der Waals surface area (Å²) in [5.74, 6) is 0.185. The molecule has 0 radical (unpaired) electrons. The van der Waals surface area contributed by atoms with Crippen molar-refractivity contribution in [2.24, 2.45) is 0 Å². The molecule has 1 heterocycles. The van der Waals surface area contributed by atoms with Gasteiger partial charge >= 0.3 is 0 Å². The molecule has 0 N–H and O–H groups in total. The molecule has 1 aliphatic heterocycles. The third kappa shape index (κ3) is 3.26. The van der Waals surface area contributed by atoms with Gasteiger partial charge in [0, 0.05) is 11.1 Å². The summed E-state index contributed by atoms with van der Waals surface area (Å²) in [4.78, 5) is 14.6. The lowest BCUT2D eigenvalue weighted by Gasteiger charge is -2.29. The molecule has 1 aromatic carbocycles. The van der Waals surface area contributed by atoms with Crippen LogP contribution < -0.4 is 0 Å². The largest absolute Gasteiger partial charge is 0.355 e. The average molecular weight is 259 g/mol. The highest BCUT2D eigenvalue weighted by molar-refractivity contribution is 8.00. The Kier molecular flexibility index (Phi) is 4.26. The predicted octanol–water partition coefficient (Wildman–Crippen LogP) is 3.39. The standard InChI is InChI=1S/C15H17NOS/c1-12-7-3-4-8-14(12)18-15-9-5-6-10-16(15)11-13(2)17/h3-10,15H,11H2,1-2H3. The number of ketones is 1. The SMILES string of the molecule is CC(=O)CN1C=CC=CC1Sc1ccccc1C. The fourth-order valence-electron chi connectivity index (χ4n) is 1.84.